The Kier molecular flexibility index (Phi) is 6.10. The van der Waals surface area contributed by atoms with Gasteiger partial charge in [-0.3, -0.25) is 4.79 Å². The van der Waals surface area contributed by atoms with Gasteiger partial charge in [-0.05, 0) is 42.0 Å². The van der Waals surface area contributed by atoms with Gasteiger partial charge in [0.25, 0.3) is 5.91 Å². The maximum atomic E-state index is 12.6. The maximum Gasteiger partial charge on any atom is 0.337 e. The van der Waals surface area contributed by atoms with Gasteiger partial charge in [-0.1, -0.05) is 36.4 Å². The van der Waals surface area contributed by atoms with Gasteiger partial charge in [-0.2, -0.15) is 5.26 Å². The van der Waals surface area contributed by atoms with E-state index in [0.29, 0.717) is 5.56 Å². The van der Waals surface area contributed by atoms with E-state index in [1.54, 1.807) is 30.0 Å². The second-order valence-electron chi connectivity index (χ2n) is 5.93. The first kappa shape index (κ1) is 19.2. The molecule has 0 saturated heterocycles. The zero-order valence-electron chi connectivity index (χ0n) is 14.8. The zero-order chi connectivity index (χ0) is 19.9. The van der Waals surface area contributed by atoms with E-state index in [1.165, 1.54) is 23.8 Å². The molecule has 3 aromatic rings. The Hall–Kier alpha value is -3.56. The second-order valence-corrected chi connectivity index (χ2v) is 6.98. The fraction of sp³-hybridized carbons (Fsp3) is 0.0455. The third kappa shape index (κ3) is 4.78. The lowest BCUT2D eigenvalue weighted by Gasteiger charge is -2.10. The molecule has 5 nitrogen and oxygen atoms in total. The molecule has 0 aliphatic heterocycles. The van der Waals surface area contributed by atoms with E-state index in [9.17, 15) is 14.7 Å². The fourth-order valence-electron chi connectivity index (χ4n) is 2.56. The van der Waals surface area contributed by atoms with Crippen LogP contribution in [0.4, 0.5) is 5.69 Å². The number of anilines is 1. The van der Waals surface area contributed by atoms with E-state index in [1.807, 2.05) is 42.5 Å². The van der Waals surface area contributed by atoms with Crippen molar-refractivity contribution in [2.75, 3.05) is 5.32 Å². The Bertz CT molecular complexity index is 1060. The van der Waals surface area contributed by atoms with Crippen LogP contribution in [0.25, 0.3) is 0 Å². The molecule has 0 atom stereocenters. The number of carbonyl (C=O) groups excluding carboxylic acids is 1. The molecule has 0 spiro atoms. The van der Waals surface area contributed by atoms with Crippen LogP contribution in [0.5, 0.6) is 0 Å². The number of rotatable bonds is 6. The third-order valence-corrected chi connectivity index (χ3v) is 5.04. The number of carbonyl (C=O) groups is 2. The Morgan fingerprint density at radius 1 is 1.00 bits per heavy atom. The minimum atomic E-state index is -1.21. The van der Waals surface area contributed by atoms with Gasteiger partial charge >= 0.3 is 5.97 Å². The van der Waals surface area contributed by atoms with Crippen LogP contribution in [-0.4, -0.2) is 17.0 Å². The number of benzene rings is 3. The molecule has 6 heteroatoms. The zero-order valence-corrected chi connectivity index (χ0v) is 15.6. The van der Waals surface area contributed by atoms with Crippen molar-refractivity contribution in [3.05, 3.63) is 95.1 Å². The smallest absolute Gasteiger partial charge is 0.337 e. The topological polar surface area (TPSA) is 90.2 Å². The lowest BCUT2D eigenvalue weighted by molar-refractivity contribution is 0.0698. The van der Waals surface area contributed by atoms with Gasteiger partial charge < -0.3 is 10.4 Å². The minimum absolute atomic E-state index is 0.123. The van der Waals surface area contributed by atoms with Crippen molar-refractivity contribution in [2.24, 2.45) is 0 Å². The molecular weight excluding hydrogens is 372 g/mol. The molecule has 1 amide bonds. The molecule has 28 heavy (non-hydrogen) atoms. The Morgan fingerprint density at radius 3 is 2.50 bits per heavy atom. The van der Waals surface area contributed by atoms with Gasteiger partial charge in [0.2, 0.25) is 0 Å². The number of thioether (sulfide) groups is 1. The summed E-state index contributed by atoms with van der Waals surface area (Å²) in [5.41, 5.74) is 1.86. The highest BCUT2D eigenvalue weighted by atomic mass is 32.2. The van der Waals surface area contributed by atoms with Crippen molar-refractivity contribution in [3.8, 4) is 6.07 Å². The average Bonchev–Trinajstić information content (AvgIpc) is 2.73. The first-order chi connectivity index (χ1) is 13.6. The highest BCUT2D eigenvalue weighted by Gasteiger charge is 2.15. The van der Waals surface area contributed by atoms with E-state index < -0.39 is 11.9 Å². The number of hydrogen-bond donors (Lipinski definition) is 2. The summed E-state index contributed by atoms with van der Waals surface area (Å²) < 4.78 is 0. The number of nitrogens with one attached hydrogen (secondary N) is 1. The number of carboxylic acid groups (broad SMARTS) is 1. The van der Waals surface area contributed by atoms with E-state index in [0.717, 1.165) is 10.6 Å². The van der Waals surface area contributed by atoms with Gasteiger partial charge in [-0.15, -0.1) is 11.8 Å². The number of amides is 1. The predicted molar refractivity (Wildman–Crippen MR) is 109 cm³/mol. The summed E-state index contributed by atoms with van der Waals surface area (Å²) in [6, 6.07) is 23.2. The van der Waals surface area contributed by atoms with Gasteiger partial charge in [0.15, 0.2) is 0 Å². The quantitative estimate of drug-likeness (QED) is 0.592. The molecule has 3 aromatic carbocycles. The molecule has 138 valence electrons. The Labute approximate surface area is 166 Å². The summed E-state index contributed by atoms with van der Waals surface area (Å²) in [7, 11) is 0. The fourth-order valence-corrected chi connectivity index (χ4v) is 3.47. The van der Waals surface area contributed by atoms with Gasteiger partial charge in [0.1, 0.15) is 0 Å². The van der Waals surface area contributed by atoms with Crippen LogP contribution in [-0.2, 0) is 5.75 Å². The van der Waals surface area contributed by atoms with Crippen molar-refractivity contribution >= 4 is 29.3 Å². The highest BCUT2D eigenvalue weighted by Crippen LogP contribution is 2.24. The Balaban J connectivity index is 1.75. The SMILES string of the molecule is N#Cc1ccc(NC(=O)c2cccc(SCc3ccccc3)c2)c(C(=O)O)c1. The van der Waals surface area contributed by atoms with Crippen molar-refractivity contribution < 1.29 is 14.7 Å². The lowest BCUT2D eigenvalue weighted by atomic mass is 10.1. The molecule has 0 aliphatic carbocycles. The van der Waals surface area contributed by atoms with Crippen LogP contribution in [0.15, 0.2) is 77.7 Å². The van der Waals surface area contributed by atoms with Crippen LogP contribution in [0.2, 0.25) is 0 Å². The molecule has 0 aliphatic rings. The molecule has 2 N–H and O–H groups in total. The monoisotopic (exact) mass is 388 g/mol. The van der Waals surface area contributed by atoms with Crippen molar-refractivity contribution in [3.63, 3.8) is 0 Å². The van der Waals surface area contributed by atoms with Crippen molar-refractivity contribution in [1.82, 2.24) is 0 Å². The summed E-state index contributed by atoms with van der Waals surface area (Å²) in [6.45, 7) is 0. The third-order valence-electron chi connectivity index (χ3n) is 3.97. The van der Waals surface area contributed by atoms with Gasteiger partial charge in [0, 0.05) is 16.2 Å². The average molecular weight is 388 g/mol. The summed E-state index contributed by atoms with van der Waals surface area (Å²) in [5.74, 6) is -0.834. The first-order valence-electron chi connectivity index (χ1n) is 8.42. The molecule has 0 fully saturated rings. The summed E-state index contributed by atoms with van der Waals surface area (Å²) in [5, 5.41) is 20.9. The second kappa shape index (κ2) is 8.89. The molecular formula is C22H16N2O3S. The summed E-state index contributed by atoms with van der Waals surface area (Å²) >= 11 is 1.61. The maximum absolute atomic E-state index is 12.6. The Morgan fingerprint density at radius 2 is 1.79 bits per heavy atom. The van der Waals surface area contributed by atoms with E-state index in [4.69, 9.17) is 5.26 Å². The van der Waals surface area contributed by atoms with Crippen LogP contribution < -0.4 is 5.32 Å². The first-order valence-corrected chi connectivity index (χ1v) is 9.41. The van der Waals surface area contributed by atoms with E-state index in [2.05, 4.69) is 5.32 Å². The standard InChI is InChI=1S/C22H16N2O3S/c23-13-16-9-10-20(19(11-16)22(26)27)24-21(25)17-7-4-8-18(12-17)28-14-15-5-2-1-3-6-15/h1-12H,14H2,(H,24,25)(H,26,27). The molecule has 0 aromatic heterocycles. The molecule has 0 heterocycles. The molecule has 0 bridgehead atoms. The van der Waals surface area contributed by atoms with Crippen LogP contribution in [0.3, 0.4) is 0 Å². The normalized spacial score (nSPS) is 10.1. The van der Waals surface area contributed by atoms with Gasteiger partial charge in [0.05, 0.1) is 22.9 Å². The number of carboxylic acids is 1. The molecule has 0 saturated carbocycles. The number of aromatic carboxylic acids is 1. The van der Waals surface area contributed by atoms with E-state index >= 15 is 0 Å². The number of nitriles is 1. The van der Waals surface area contributed by atoms with Crippen LogP contribution in [0, 0.1) is 11.3 Å². The summed E-state index contributed by atoms with van der Waals surface area (Å²) in [6.07, 6.45) is 0. The van der Waals surface area contributed by atoms with Crippen LogP contribution >= 0.6 is 11.8 Å². The number of hydrogen-bond acceptors (Lipinski definition) is 4. The lowest BCUT2D eigenvalue weighted by Crippen LogP contribution is -2.15. The largest absolute Gasteiger partial charge is 0.478 e. The van der Waals surface area contributed by atoms with Gasteiger partial charge in [-0.25, -0.2) is 4.79 Å². The van der Waals surface area contributed by atoms with Crippen LogP contribution in [0.1, 0.15) is 31.8 Å². The van der Waals surface area contributed by atoms with Crippen molar-refractivity contribution in [2.45, 2.75) is 10.6 Å². The number of nitrogens with zero attached hydrogens (tertiary/aromatic N) is 1. The molecule has 0 unspecified atom stereocenters. The van der Waals surface area contributed by atoms with E-state index in [-0.39, 0.29) is 16.8 Å². The molecule has 3 rings (SSSR count). The van der Waals surface area contributed by atoms with Crippen molar-refractivity contribution in [1.29, 1.82) is 5.26 Å². The predicted octanol–water partition coefficient (Wildman–Crippen LogP) is 4.80. The minimum Gasteiger partial charge on any atom is -0.478 e. The molecule has 0 radical (unpaired) electrons. The summed E-state index contributed by atoms with van der Waals surface area (Å²) in [4.78, 5) is 24.9. The highest BCUT2D eigenvalue weighted by molar-refractivity contribution is 7.98.